The Morgan fingerprint density at radius 3 is 2.83 bits per heavy atom. The highest BCUT2D eigenvalue weighted by atomic mass is 32.2. The van der Waals surface area contributed by atoms with Gasteiger partial charge in [0.05, 0.1) is 11.4 Å². The molecule has 3 rings (SSSR count). The molecule has 1 saturated carbocycles. The van der Waals surface area contributed by atoms with Gasteiger partial charge in [-0.05, 0) is 59.7 Å². The van der Waals surface area contributed by atoms with E-state index in [-0.39, 0.29) is 5.91 Å². The highest BCUT2D eigenvalue weighted by Gasteiger charge is 2.21. The number of benzene rings is 1. The van der Waals surface area contributed by atoms with Crippen LogP contribution in [0.4, 0.5) is 0 Å². The number of unbranched alkanes of at least 4 members (excludes halogenated alkanes) is 1. The van der Waals surface area contributed by atoms with E-state index in [1.165, 1.54) is 43.0 Å². The first-order chi connectivity index (χ1) is 11.8. The molecule has 0 bridgehead atoms. The van der Waals surface area contributed by atoms with Crippen LogP contribution in [0.25, 0.3) is 5.69 Å². The summed E-state index contributed by atoms with van der Waals surface area (Å²) >= 11 is 1.36. The molecule has 2 aromatic rings. The molecule has 1 heterocycles. The Morgan fingerprint density at radius 1 is 1.33 bits per heavy atom. The monoisotopic (exact) mass is 345 g/mol. The van der Waals surface area contributed by atoms with Gasteiger partial charge in [-0.25, -0.2) is 0 Å². The predicted molar refractivity (Wildman–Crippen MR) is 94.2 cm³/mol. The number of carbonyl (C=O) groups excluding carboxylic acids is 1. The topological polar surface area (TPSA) is 72.7 Å². The van der Waals surface area contributed by atoms with Crippen molar-refractivity contribution in [2.75, 3.05) is 12.3 Å². The molecule has 1 aromatic heterocycles. The van der Waals surface area contributed by atoms with E-state index in [2.05, 4.69) is 39.9 Å². The normalized spacial score (nSPS) is 13.9. The maximum Gasteiger partial charge on any atom is 0.230 e. The van der Waals surface area contributed by atoms with Gasteiger partial charge in [-0.15, -0.1) is 5.10 Å². The van der Waals surface area contributed by atoms with Crippen molar-refractivity contribution in [2.45, 2.75) is 44.2 Å². The standard InChI is InChI=1S/C17H23N5OS/c1-2-3-4-13-7-9-15(10-8-13)22-17(19-20-21-22)24-12-16(23)18-11-14-5-6-14/h7-10,14H,2-6,11-12H2,1H3,(H,18,23). The summed E-state index contributed by atoms with van der Waals surface area (Å²) in [5, 5.41) is 15.4. The van der Waals surface area contributed by atoms with E-state index in [1.807, 2.05) is 12.1 Å². The number of nitrogens with zero attached hydrogens (tertiary/aromatic N) is 4. The third-order valence-electron chi connectivity index (χ3n) is 4.06. The van der Waals surface area contributed by atoms with Gasteiger partial charge in [0.1, 0.15) is 0 Å². The Morgan fingerprint density at radius 2 is 2.12 bits per heavy atom. The predicted octanol–water partition coefficient (Wildman–Crippen LogP) is 2.62. The third-order valence-corrected chi connectivity index (χ3v) is 4.98. The van der Waals surface area contributed by atoms with Crippen LogP contribution in [-0.4, -0.2) is 38.4 Å². The van der Waals surface area contributed by atoms with E-state index in [9.17, 15) is 4.79 Å². The molecule has 1 amide bonds. The number of aryl methyl sites for hydroxylation is 1. The number of tetrazole rings is 1. The Kier molecular flexibility index (Phi) is 5.85. The first-order valence-corrected chi connectivity index (χ1v) is 9.52. The summed E-state index contributed by atoms with van der Waals surface area (Å²) in [6, 6.07) is 8.28. The van der Waals surface area contributed by atoms with E-state index in [0.29, 0.717) is 16.8 Å². The van der Waals surface area contributed by atoms with Gasteiger partial charge in [0.15, 0.2) is 0 Å². The molecule has 0 aliphatic heterocycles. The van der Waals surface area contributed by atoms with E-state index in [0.717, 1.165) is 18.7 Å². The Hall–Kier alpha value is -1.89. The van der Waals surface area contributed by atoms with Gasteiger partial charge < -0.3 is 5.32 Å². The van der Waals surface area contributed by atoms with Crippen LogP contribution in [0.3, 0.4) is 0 Å². The van der Waals surface area contributed by atoms with Crippen molar-refractivity contribution in [3.05, 3.63) is 29.8 Å². The second-order valence-corrected chi connectivity index (χ2v) is 7.12. The molecular weight excluding hydrogens is 322 g/mol. The van der Waals surface area contributed by atoms with Crippen LogP contribution in [0.5, 0.6) is 0 Å². The third kappa shape index (κ3) is 4.80. The lowest BCUT2D eigenvalue weighted by Gasteiger charge is -2.06. The molecule has 7 heteroatoms. The highest BCUT2D eigenvalue weighted by molar-refractivity contribution is 7.99. The lowest BCUT2D eigenvalue weighted by molar-refractivity contribution is -0.118. The molecule has 0 saturated heterocycles. The van der Waals surface area contributed by atoms with Crippen molar-refractivity contribution in [3.63, 3.8) is 0 Å². The fourth-order valence-corrected chi connectivity index (χ4v) is 3.10. The fourth-order valence-electron chi connectivity index (χ4n) is 2.38. The summed E-state index contributed by atoms with van der Waals surface area (Å²) in [6.07, 6.45) is 5.95. The smallest absolute Gasteiger partial charge is 0.230 e. The van der Waals surface area contributed by atoms with Gasteiger partial charge in [-0.3, -0.25) is 4.79 Å². The zero-order chi connectivity index (χ0) is 16.8. The van der Waals surface area contributed by atoms with Gasteiger partial charge in [0, 0.05) is 6.54 Å². The van der Waals surface area contributed by atoms with Gasteiger partial charge in [0.2, 0.25) is 11.1 Å². The molecule has 0 radical (unpaired) electrons. The first kappa shape index (κ1) is 17.0. The largest absolute Gasteiger partial charge is 0.355 e. The molecule has 0 atom stereocenters. The van der Waals surface area contributed by atoms with Crippen LogP contribution in [-0.2, 0) is 11.2 Å². The number of aromatic nitrogens is 4. The van der Waals surface area contributed by atoms with Gasteiger partial charge >= 0.3 is 0 Å². The number of hydrogen-bond donors (Lipinski definition) is 1. The van der Waals surface area contributed by atoms with Gasteiger partial charge in [-0.1, -0.05) is 37.2 Å². The van der Waals surface area contributed by atoms with Gasteiger partial charge in [-0.2, -0.15) is 4.68 Å². The minimum atomic E-state index is 0.0383. The molecule has 0 unspecified atom stereocenters. The average molecular weight is 345 g/mol. The van der Waals surface area contributed by atoms with Gasteiger partial charge in [0.25, 0.3) is 0 Å². The number of amides is 1. The Labute approximate surface area is 146 Å². The molecule has 1 N–H and O–H groups in total. The lowest BCUT2D eigenvalue weighted by Crippen LogP contribution is -2.27. The zero-order valence-corrected chi connectivity index (χ0v) is 14.8. The summed E-state index contributed by atoms with van der Waals surface area (Å²) in [4.78, 5) is 11.9. The molecule has 1 fully saturated rings. The Balaban J connectivity index is 1.56. The van der Waals surface area contributed by atoms with E-state index < -0.39 is 0 Å². The number of carbonyl (C=O) groups is 1. The minimum absolute atomic E-state index is 0.0383. The quantitative estimate of drug-likeness (QED) is 0.707. The van der Waals surface area contributed by atoms with Crippen LogP contribution in [0, 0.1) is 5.92 Å². The second-order valence-electron chi connectivity index (χ2n) is 6.18. The van der Waals surface area contributed by atoms with Crippen LogP contribution >= 0.6 is 11.8 Å². The maximum absolute atomic E-state index is 11.9. The van der Waals surface area contributed by atoms with Crippen LogP contribution < -0.4 is 5.32 Å². The molecule has 1 aromatic carbocycles. The molecule has 128 valence electrons. The number of rotatable bonds is 9. The first-order valence-electron chi connectivity index (χ1n) is 8.53. The lowest BCUT2D eigenvalue weighted by atomic mass is 10.1. The zero-order valence-electron chi connectivity index (χ0n) is 13.9. The summed E-state index contributed by atoms with van der Waals surface area (Å²) in [7, 11) is 0. The van der Waals surface area contributed by atoms with Crippen LogP contribution in [0.2, 0.25) is 0 Å². The van der Waals surface area contributed by atoms with Crippen molar-refractivity contribution in [1.82, 2.24) is 25.5 Å². The summed E-state index contributed by atoms with van der Waals surface area (Å²) in [5.41, 5.74) is 2.24. The van der Waals surface area contributed by atoms with Crippen molar-refractivity contribution in [2.24, 2.45) is 5.92 Å². The van der Waals surface area contributed by atoms with E-state index in [4.69, 9.17) is 0 Å². The molecule has 0 spiro atoms. The van der Waals surface area contributed by atoms with E-state index >= 15 is 0 Å². The highest BCUT2D eigenvalue weighted by Crippen LogP contribution is 2.27. The summed E-state index contributed by atoms with van der Waals surface area (Å²) in [6.45, 7) is 2.99. The van der Waals surface area contributed by atoms with Crippen molar-refractivity contribution >= 4 is 17.7 Å². The van der Waals surface area contributed by atoms with Crippen molar-refractivity contribution in [1.29, 1.82) is 0 Å². The SMILES string of the molecule is CCCCc1ccc(-n2nnnc2SCC(=O)NCC2CC2)cc1. The van der Waals surface area contributed by atoms with Crippen LogP contribution in [0.15, 0.2) is 29.4 Å². The fraction of sp³-hybridized carbons (Fsp3) is 0.529. The number of thioether (sulfide) groups is 1. The summed E-state index contributed by atoms with van der Waals surface area (Å²) < 4.78 is 1.68. The molecule has 1 aliphatic carbocycles. The molecule has 24 heavy (non-hydrogen) atoms. The molecule has 6 nitrogen and oxygen atoms in total. The second kappa shape index (κ2) is 8.28. The minimum Gasteiger partial charge on any atom is -0.355 e. The number of nitrogens with one attached hydrogen (secondary N) is 1. The van der Waals surface area contributed by atoms with Crippen LogP contribution in [0.1, 0.15) is 38.2 Å². The number of hydrogen-bond acceptors (Lipinski definition) is 5. The van der Waals surface area contributed by atoms with Crippen molar-refractivity contribution < 1.29 is 4.79 Å². The maximum atomic E-state index is 11.9. The molecule has 1 aliphatic rings. The Bertz CT molecular complexity index is 666. The van der Waals surface area contributed by atoms with Crippen molar-refractivity contribution in [3.8, 4) is 5.69 Å². The van der Waals surface area contributed by atoms with E-state index in [1.54, 1.807) is 4.68 Å². The average Bonchev–Trinajstić information content (AvgIpc) is 3.33. The summed E-state index contributed by atoms with van der Waals surface area (Å²) in [5.74, 6) is 1.06. The molecular formula is C17H23N5OS.